The molecule has 0 N–H and O–H groups in total. The molecule has 0 atom stereocenters. The predicted molar refractivity (Wildman–Crippen MR) is 63.6 cm³/mol. The van der Waals surface area contributed by atoms with Gasteiger partial charge in [0.2, 0.25) is 0 Å². The van der Waals surface area contributed by atoms with Crippen LogP contribution in [-0.2, 0) is 5.88 Å². The van der Waals surface area contributed by atoms with Crippen molar-refractivity contribution in [1.29, 1.82) is 0 Å². The maximum atomic E-state index is 5.82. The Morgan fingerprint density at radius 3 is 2.93 bits per heavy atom. The quantitative estimate of drug-likeness (QED) is 0.629. The molecule has 0 fully saturated rings. The number of alkyl halides is 1. The molecular formula is C9H7ClIN3. The van der Waals surface area contributed by atoms with Crippen LogP contribution in [0.1, 0.15) is 5.56 Å². The van der Waals surface area contributed by atoms with Gasteiger partial charge in [0.25, 0.3) is 0 Å². The highest BCUT2D eigenvalue weighted by atomic mass is 127. The molecule has 0 bridgehead atoms. The summed E-state index contributed by atoms with van der Waals surface area (Å²) >= 11 is 8.03. The third kappa shape index (κ3) is 1.90. The second-order valence-electron chi connectivity index (χ2n) is 2.74. The van der Waals surface area contributed by atoms with Crippen LogP contribution in [0.15, 0.2) is 30.9 Å². The zero-order chi connectivity index (χ0) is 9.97. The fourth-order valence-electron chi connectivity index (χ4n) is 1.17. The van der Waals surface area contributed by atoms with Gasteiger partial charge in [0, 0.05) is 18.3 Å². The highest BCUT2D eigenvalue weighted by Gasteiger charge is 2.04. The van der Waals surface area contributed by atoms with Gasteiger partial charge in [-0.3, -0.25) is 4.98 Å². The number of nitrogens with zero attached hydrogens (tertiary/aromatic N) is 3. The van der Waals surface area contributed by atoms with E-state index in [-0.39, 0.29) is 0 Å². The van der Waals surface area contributed by atoms with Crippen LogP contribution in [0, 0.1) is 3.57 Å². The van der Waals surface area contributed by atoms with Crippen molar-refractivity contribution >= 4 is 34.2 Å². The van der Waals surface area contributed by atoms with Gasteiger partial charge in [0.1, 0.15) is 0 Å². The minimum Gasteiger partial charge on any atom is -0.262 e. The second kappa shape index (κ2) is 4.27. The van der Waals surface area contributed by atoms with Crippen molar-refractivity contribution in [3.05, 3.63) is 40.0 Å². The van der Waals surface area contributed by atoms with Crippen LogP contribution in [0.4, 0.5) is 0 Å². The summed E-state index contributed by atoms with van der Waals surface area (Å²) in [5, 5.41) is 4.21. The molecule has 72 valence electrons. The zero-order valence-electron chi connectivity index (χ0n) is 7.19. The van der Waals surface area contributed by atoms with Crippen LogP contribution in [0.5, 0.6) is 0 Å². The molecule has 2 aromatic heterocycles. The monoisotopic (exact) mass is 319 g/mol. The van der Waals surface area contributed by atoms with E-state index in [9.17, 15) is 0 Å². The molecule has 0 amide bonds. The Kier molecular flexibility index (Phi) is 3.02. The van der Waals surface area contributed by atoms with E-state index in [2.05, 4.69) is 32.7 Å². The van der Waals surface area contributed by atoms with Crippen molar-refractivity contribution in [2.75, 3.05) is 0 Å². The Hall–Kier alpha value is -0.620. The fourth-order valence-corrected chi connectivity index (χ4v) is 1.78. The Balaban J connectivity index is 2.50. The number of pyridine rings is 1. The average molecular weight is 320 g/mol. The minimum atomic E-state index is 0.467. The smallest absolute Gasteiger partial charge is 0.0873 e. The number of rotatable bonds is 2. The van der Waals surface area contributed by atoms with E-state index in [0.717, 1.165) is 14.8 Å². The normalized spacial score (nSPS) is 10.4. The lowest BCUT2D eigenvalue weighted by molar-refractivity contribution is 0.863. The van der Waals surface area contributed by atoms with E-state index in [1.54, 1.807) is 23.3 Å². The van der Waals surface area contributed by atoms with Gasteiger partial charge in [-0.05, 0) is 34.2 Å². The van der Waals surface area contributed by atoms with Crippen molar-refractivity contribution in [2.45, 2.75) is 5.88 Å². The lowest BCUT2D eigenvalue weighted by atomic mass is 10.2. The first kappa shape index (κ1) is 9.92. The first-order valence-corrected chi connectivity index (χ1v) is 5.62. The Bertz CT molecular complexity index is 441. The van der Waals surface area contributed by atoms with Gasteiger partial charge in [0.05, 0.1) is 21.7 Å². The first-order chi connectivity index (χ1) is 6.81. The summed E-state index contributed by atoms with van der Waals surface area (Å²) < 4.78 is 2.87. The van der Waals surface area contributed by atoms with Crippen LogP contribution in [-0.4, -0.2) is 14.8 Å². The Labute approximate surface area is 100 Å². The molecule has 2 heterocycles. The van der Waals surface area contributed by atoms with Crippen molar-refractivity contribution < 1.29 is 0 Å². The topological polar surface area (TPSA) is 30.7 Å². The molecular weight excluding hydrogens is 312 g/mol. The van der Waals surface area contributed by atoms with E-state index in [0.29, 0.717) is 5.88 Å². The lowest BCUT2D eigenvalue weighted by Gasteiger charge is -2.04. The van der Waals surface area contributed by atoms with Crippen molar-refractivity contribution in [3.63, 3.8) is 0 Å². The third-order valence-corrected chi connectivity index (χ3v) is 2.67. The summed E-state index contributed by atoms with van der Waals surface area (Å²) in [4.78, 5) is 4.06. The van der Waals surface area contributed by atoms with Gasteiger partial charge >= 0.3 is 0 Å². The second-order valence-corrected chi connectivity index (χ2v) is 4.25. The van der Waals surface area contributed by atoms with Crippen LogP contribution in [0.3, 0.4) is 0 Å². The van der Waals surface area contributed by atoms with E-state index >= 15 is 0 Å². The molecule has 0 aliphatic heterocycles. The van der Waals surface area contributed by atoms with E-state index in [1.807, 2.05) is 12.3 Å². The molecule has 0 saturated carbocycles. The molecule has 0 radical (unpaired) electrons. The Morgan fingerprint density at radius 1 is 1.43 bits per heavy atom. The molecule has 0 aromatic carbocycles. The molecule has 2 aromatic rings. The average Bonchev–Trinajstić information content (AvgIpc) is 2.65. The molecule has 0 saturated heterocycles. The minimum absolute atomic E-state index is 0.467. The molecule has 0 aliphatic carbocycles. The van der Waals surface area contributed by atoms with Gasteiger partial charge in [-0.1, -0.05) is 0 Å². The van der Waals surface area contributed by atoms with E-state index in [1.165, 1.54) is 0 Å². The molecule has 0 aliphatic rings. The highest BCUT2D eigenvalue weighted by molar-refractivity contribution is 14.1. The molecule has 0 unspecified atom stereocenters. The first-order valence-electron chi connectivity index (χ1n) is 4.00. The van der Waals surface area contributed by atoms with Crippen molar-refractivity contribution in [1.82, 2.24) is 14.8 Å². The van der Waals surface area contributed by atoms with Crippen LogP contribution in [0.2, 0.25) is 0 Å². The molecule has 5 heteroatoms. The summed E-state index contributed by atoms with van der Waals surface area (Å²) in [5.74, 6) is 0.467. The lowest BCUT2D eigenvalue weighted by Crippen LogP contribution is -1.99. The number of halogens is 2. The SMILES string of the molecule is ClCc1ccncc1-n1cc(I)cn1. The molecule has 2 rings (SSSR count). The summed E-state index contributed by atoms with van der Waals surface area (Å²) in [6, 6.07) is 1.90. The summed E-state index contributed by atoms with van der Waals surface area (Å²) in [6.45, 7) is 0. The molecule has 0 spiro atoms. The maximum Gasteiger partial charge on any atom is 0.0873 e. The Morgan fingerprint density at radius 2 is 2.29 bits per heavy atom. The zero-order valence-corrected chi connectivity index (χ0v) is 10.1. The van der Waals surface area contributed by atoms with Gasteiger partial charge < -0.3 is 0 Å². The highest BCUT2D eigenvalue weighted by Crippen LogP contribution is 2.15. The fraction of sp³-hybridized carbons (Fsp3) is 0.111. The van der Waals surface area contributed by atoms with Crippen LogP contribution in [0.25, 0.3) is 5.69 Å². The number of hydrogen-bond donors (Lipinski definition) is 0. The maximum absolute atomic E-state index is 5.82. The molecule has 14 heavy (non-hydrogen) atoms. The van der Waals surface area contributed by atoms with Gasteiger partial charge in [-0.2, -0.15) is 5.10 Å². The predicted octanol–water partition coefficient (Wildman–Crippen LogP) is 2.61. The van der Waals surface area contributed by atoms with Crippen molar-refractivity contribution in [3.8, 4) is 5.69 Å². The largest absolute Gasteiger partial charge is 0.262 e. The van der Waals surface area contributed by atoms with Gasteiger partial charge in [-0.25, -0.2) is 4.68 Å². The van der Waals surface area contributed by atoms with E-state index < -0.39 is 0 Å². The van der Waals surface area contributed by atoms with Crippen LogP contribution >= 0.6 is 34.2 Å². The van der Waals surface area contributed by atoms with Gasteiger partial charge in [-0.15, -0.1) is 11.6 Å². The third-order valence-electron chi connectivity index (χ3n) is 1.83. The number of hydrogen-bond acceptors (Lipinski definition) is 2. The van der Waals surface area contributed by atoms with Crippen molar-refractivity contribution in [2.24, 2.45) is 0 Å². The molecule has 3 nitrogen and oxygen atoms in total. The summed E-state index contributed by atoms with van der Waals surface area (Å²) in [6.07, 6.45) is 7.23. The summed E-state index contributed by atoms with van der Waals surface area (Å²) in [5.41, 5.74) is 1.96. The standard InChI is InChI=1S/C9H7ClIN3/c10-3-7-1-2-12-5-9(7)14-6-8(11)4-13-14/h1-2,4-6H,3H2. The summed E-state index contributed by atoms with van der Waals surface area (Å²) in [7, 11) is 0. The van der Waals surface area contributed by atoms with Crippen LogP contribution < -0.4 is 0 Å². The number of aromatic nitrogens is 3. The van der Waals surface area contributed by atoms with E-state index in [4.69, 9.17) is 11.6 Å². The van der Waals surface area contributed by atoms with Gasteiger partial charge in [0.15, 0.2) is 0 Å².